The first-order valence-corrected chi connectivity index (χ1v) is 5.73. The number of hydrogen-bond acceptors (Lipinski definition) is 5. The third kappa shape index (κ3) is 3.97. The van der Waals surface area contributed by atoms with Gasteiger partial charge in [0, 0.05) is 18.7 Å². The quantitative estimate of drug-likeness (QED) is 0.586. The molecule has 0 saturated heterocycles. The van der Waals surface area contributed by atoms with Gasteiger partial charge in [0.25, 0.3) is 0 Å². The molecule has 0 heterocycles. The SMILES string of the molecule is CC(CO)N(C)CCOc1ccccc1[N+](=O)[O-]. The number of hydrogen-bond donors (Lipinski definition) is 1. The molecular formula is C12H18N2O4. The highest BCUT2D eigenvalue weighted by atomic mass is 16.6. The zero-order valence-corrected chi connectivity index (χ0v) is 10.6. The zero-order chi connectivity index (χ0) is 13.5. The van der Waals surface area contributed by atoms with Crippen LogP contribution in [0.2, 0.25) is 0 Å². The summed E-state index contributed by atoms with van der Waals surface area (Å²) >= 11 is 0. The number of para-hydroxylation sites is 2. The third-order valence-electron chi connectivity index (χ3n) is 2.78. The second kappa shape index (κ2) is 6.93. The van der Waals surface area contributed by atoms with Crippen LogP contribution in [0.5, 0.6) is 5.75 Å². The summed E-state index contributed by atoms with van der Waals surface area (Å²) in [6.07, 6.45) is 0. The highest BCUT2D eigenvalue weighted by Crippen LogP contribution is 2.25. The van der Waals surface area contributed by atoms with Gasteiger partial charge in [-0.25, -0.2) is 0 Å². The van der Waals surface area contributed by atoms with Crippen molar-refractivity contribution in [1.82, 2.24) is 4.90 Å². The predicted octanol–water partition coefficient (Wildman–Crippen LogP) is 1.29. The molecule has 0 aromatic heterocycles. The number of nitro groups is 1. The Labute approximate surface area is 106 Å². The second-order valence-corrected chi connectivity index (χ2v) is 4.09. The number of nitro benzene ring substituents is 1. The average Bonchev–Trinajstić information content (AvgIpc) is 2.38. The minimum absolute atomic E-state index is 0.0321. The highest BCUT2D eigenvalue weighted by Gasteiger charge is 2.14. The van der Waals surface area contributed by atoms with Crippen LogP contribution < -0.4 is 4.74 Å². The van der Waals surface area contributed by atoms with E-state index in [4.69, 9.17) is 9.84 Å². The van der Waals surface area contributed by atoms with Gasteiger partial charge in [0.1, 0.15) is 6.61 Å². The van der Waals surface area contributed by atoms with Crippen LogP contribution in [0.25, 0.3) is 0 Å². The van der Waals surface area contributed by atoms with E-state index in [1.165, 1.54) is 6.07 Å². The maximum atomic E-state index is 10.8. The Morgan fingerprint density at radius 2 is 2.17 bits per heavy atom. The largest absolute Gasteiger partial charge is 0.485 e. The first kappa shape index (κ1) is 14.4. The van der Waals surface area contributed by atoms with Crippen molar-refractivity contribution in [3.05, 3.63) is 34.4 Å². The number of aliphatic hydroxyl groups excluding tert-OH is 1. The number of nitrogens with zero attached hydrogens (tertiary/aromatic N) is 2. The maximum Gasteiger partial charge on any atom is 0.310 e. The molecule has 0 aliphatic carbocycles. The van der Waals surface area contributed by atoms with Gasteiger partial charge < -0.3 is 9.84 Å². The highest BCUT2D eigenvalue weighted by molar-refractivity contribution is 5.45. The summed E-state index contributed by atoms with van der Waals surface area (Å²) < 4.78 is 5.40. The molecule has 0 fully saturated rings. The molecule has 0 amide bonds. The summed E-state index contributed by atoms with van der Waals surface area (Å²) in [6, 6.07) is 6.33. The first-order chi connectivity index (χ1) is 8.56. The Hall–Kier alpha value is -1.66. The lowest BCUT2D eigenvalue weighted by atomic mass is 10.3. The van der Waals surface area contributed by atoms with E-state index in [9.17, 15) is 10.1 Å². The molecule has 0 bridgehead atoms. The van der Waals surface area contributed by atoms with Gasteiger partial charge in [0.15, 0.2) is 5.75 Å². The topological polar surface area (TPSA) is 75.8 Å². The van der Waals surface area contributed by atoms with E-state index in [0.717, 1.165) is 0 Å². The fourth-order valence-electron chi connectivity index (χ4n) is 1.39. The van der Waals surface area contributed by atoms with Gasteiger partial charge in [-0.15, -0.1) is 0 Å². The molecule has 18 heavy (non-hydrogen) atoms. The molecule has 100 valence electrons. The van der Waals surface area contributed by atoms with Crippen molar-refractivity contribution < 1.29 is 14.8 Å². The fourth-order valence-corrected chi connectivity index (χ4v) is 1.39. The van der Waals surface area contributed by atoms with Crippen molar-refractivity contribution in [2.24, 2.45) is 0 Å². The van der Waals surface area contributed by atoms with Crippen LogP contribution in [-0.2, 0) is 0 Å². The minimum atomic E-state index is -0.463. The van der Waals surface area contributed by atoms with Gasteiger partial charge in [0.2, 0.25) is 0 Å². The van der Waals surface area contributed by atoms with E-state index in [1.54, 1.807) is 18.2 Å². The number of aliphatic hydroxyl groups is 1. The predicted molar refractivity (Wildman–Crippen MR) is 67.8 cm³/mol. The van der Waals surface area contributed by atoms with Crippen molar-refractivity contribution in [2.45, 2.75) is 13.0 Å². The minimum Gasteiger partial charge on any atom is -0.485 e. The smallest absolute Gasteiger partial charge is 0.310 e. The second-order valence-electron chi connectivity index (χ2n) is 4.09. The first-order valence-electron chi connectivity index (χ1n) is 5.73. The van der Waals surface area contributed by atoms with E-state index < -0.39 is 4.92 Å². The Kier molecular flexibility index (Phi) is 5.54. The Morgan fingerprint density at radius 1 is 1.50 bits per heavy atom. The molecule has 6 heteroatoms. The van der Waals surface area contributed by atoms with E-state index in [-0.39, 0.29) is 24.1 Å². The molecule has 1 N–H and O–H groups in total. The molecule has 1 atom stereocenters. The van der Waals surface area contributed by atoms with Crippen LogP contribution in [0.3, 0.4) is 0 Å². The van der Waals surface area contributed by atoms with Crippen molar-refractivity contribution >= 4 is 5.69 Å². The number of likely N-dealkylation sites (N-methyl/N-ethyl adjacent to an activating group) is 1. The Morgan fingerprint density at radius 3 is 2.78 bits per heavy atom. The lowest BCUT2D eigenvalue weighted by Gasteiger charge is -2.22. The van der Waals surface area contributed by atoms with Gasteiger partial charge in [0.05, 0.1) is 11.5 Å². The summed E-state index contributed by atoms with van der Waals surface area (Å²) in [5.74, 6) is 0.271. The van der Waals surface area contributed by atoms with Crippen LogP contribution in [0.15, 0.2) is 24.3 Å². The average molecular weight is 254 g/mol. The van der Waals surface area contributed by atoms with Crippen molar-refractivity contribution in [3.8, 4) is 5.75 Å². The van der Waals surface area contributed by atoms with Gasteiger partial charge in [-0.2, -0.15) is 0 Å². The van der Waals surface area contributed by atoms with Gasteiger partial charge in [-0.1, -0.05) is 12.1 Å². The lowest BCUT2D eigenvalue weighted by Crippen LogP contribution is -2.35. The number of rotatable bonds is 7. The van der Waals surface area contributed by atoms with Crippen LogP contribution in [0.1, 0.15) is 6.92 Å². The summed E-state index contributed by atoms with van der Waals surface area (Å²) in [5, 5.41) is 19.7. The molecule has 6 nitrogen and oxygen atoms in total. The van der Waals surface area contributed by atoms with Gasteiger partial charge in [-0.3, -0.25) is 15.0 Å². The molecular weight excluding hydrogens is 236 g/mol. The van der Waals surface area contributed by atoms with E-state index >= 15 is 0 Å². The van der Waals surface area contributed by atoms with Crippen molar-refractivity contribution in [1.29, 1.82) is 0 Å². The number of benzene rings is 1. The molecule has 0 aliphatic rings. The van der Waals surface area contributed by atoms with Crippen molar-refractivity contribution in [3.63, 3.8) is 0 Å². The van der Waals surface area contributed by atoms with Crippen LogP contribution in [0.4, 0.5) is 5.69 Å². The summed E-state index contributed by atoms with van der Waals surface area (Å²) in [7, 11) is 1.86. The Balaban J connectivity index is 2.51. The zero-order valence-electron chi connectivity index (χ0n) is 10.6. The summed E-state index contributed by atoms with van der Waals surface area (Å²) in [6.45, 7) is 2.90. The normalized spacial score (nSPS) is 12.4. The maximum absolute atomic E-state index is 10.8. The summed E-state index contributed by atoms with van der Waals surface area (Å²) in [4.78, 5) is 12.2. The molecule has 1 rings (SSSR count). The Bertz CT molecular complexity index is 397. The molecule has 0 aliphatic heterocycles. The monoisotopic (exact) mass is 254 g/mol. The van der Waals surface area contributed by atoms with Crippen LogP contribution in [-0.4, -0.2) is 47.8 Å². The summed E-state index contributed by atoms with van der Waals surface area (Å²) in [5.41, 5.74) is -0.0321. The fraction of sp³-hybridized carbons (Fsp3) is 0.500. The molecule has 1 aromatic carbocycles. The standard InChI is InChI=1S/C12H18N2O4/c1-10(9-15)13(2)7-8-18-12-6-4-3-5-11(12)14(16)17/h3-6,10,15H,7-9H2,1-2H3. The van der Waals surface area contributed by atoms with Crippen LogP contribution >= 0.6 is 0 Å². The van der Waals surface area contributed by atoms with E-state index in [2.05, 4.69) is 0 Å². The number of ether oxygens (including phenoxy) is 1. The van der Waals surface area contributed by atoms with Crippen LogP contribution in [0, 0.1) is 10.1 Å². The lowest BCUT2D eigenvalue weighted by molar-refractivity contribution is -0.385. The van der Waals surface area contributed by atoms with Gasteiger partial charge in [-0.05, 0) is 20.0 Å². The third-order valence-corrected chi connectivity index (χ3v) is 2.78. The van der Waals surface area contributed by atoms with E-state index in [0.29, 0.717) is 13.2 Å². The molecule has 0 spiro atoms. The van der Waals surface area contributed by atoms with Crippen molar-refractivity contribution in [2.75, 3.05) is 26.8 Å². The molecule has 0 radical (unpaired) electrons. The van der Waals surface area contributed by atoms with Gasteiger partial charge >= 0.3 is 5.69 Å². The molecule has 0 saturated carbocycles. The van der Waals surface area contributed by atoms with E-state index in [1.807, 2.05) is 18.9 Å². The molecule has 1 unspecified atom stereocenters. The molecule has 1 aromatic rings.